The third-order valence-corrected chi connectivity index (χ3v) is 12.3. The number of benzene rings is 10. The van der Waals surface area contributed by atoms with Crippen LogP contribution in [0.4, 0.5) is 0 Å². The van der Waals surface area contributed by atoms with Crippen molar-refractivity contribution in [3.8, 4) is 22.5 Å². The maximum atomic E-state index is 6.29. The van der Waals surface area contributed by atoms with Gasteiger partial charge in [0, 0.05) is 54.5 Å². The minimum atomic E-state index is 0.905. The average Bonchev–Trinajstić information content (AvgIpc) is 3.94. The number of fused-ring (bicyclic) bond motifs is 18. The van der Waals surface area contributed by atoms with E-state index in [4.69, 9.17) is 4.42 Å². The zero-order chi connectivity index (χ0) is 37.2. The monoisotopic (exact) mass is 724 g/mol. The Bertz CT molecular complexity index is 3790. The van der Waals surface area contributed by atoms with Gasteiger partial charge in [0.05, 0.1) is 22.1 Å². The number of aromatic nitrogens is 2. The quantitative estimate of drug-likeness (QED) is 0.166. The highest BCUT2D eigenvalue weighted by molar-refractivity contribution is 6.45. The summed E-state index contributed by atoms with van der Waals surface area (Å²) in [6.07, 6.45) is 0. The number of hydrogen-bond acceptors (Lipinski definition) is 1. The molecule has 57 heavy (non-hydrogen) atoms. The van der Waals surface area contributed by atoms with Crippen molar-refractivity contribution in [2.75, 3.05) is 0 Å². The molecule has 0 amide bonds. The van der Waals surface area contributed by atoms with Crippen molar-refractivity contribution >= 4 is 97.9 Å². The maximum absolute atomic E-state index is 6.29. The molecule has 10 aromatic carbocycles. The van der Waals surface area contributed by atoms with Gasteiger partial charge >= 0.3 is 0 Å². The molecule has 0 bridgehead atoms. The first-order chi connectivity index (χ1) is 28.3. The van der Waals surface area contributed by atoms with Crippen molar-refractivity contribution < 1.29 is 4.42 Å². The summed E-state index contributed by atoms with van der Waals surface area (Å²) in [5, 5.41) is 15.0. The zero-order valence-electron chi connectivity index (χ0n) is 30.8. The summed E-state index contributed by atoms with van der Waals surface area (Å²) in [6, 6.07) is 70.7. The van der Waals surface area contributed by atoms with E-state index in [9.17, 15) is 0 Å². The molecular formula is C54H32N2O. The summed E-state index contributed by atoms with van der Waals surface area (Å²) in [5.41, 5.74) is 11.1. The van der Waals surface area contributed by atoms with E-state index < -0.39 is 0 Å². The Hall–Kier alpha value is -7.62. The Balaban J connectivity index is 1.20. The molecular weight excluding hydrogens is 693 g/mol. The van der Waals surface area contributed by atoms with Crippen molar-refractivity contribution in [2.24, 2.45) is 0 Å². The summed E-state index contributed by atoms with van der Waals surface area (Å²) in [4.78, 5) is 0. The Morgan fingerprint density at radius 2 is 0.719 bits per heavy atom. The molecule has 0 N–H and O–H groups in total. The molecule has 0 saturated carbocycles. The molecule has 0 aliphatic carbocycles. The lowest BCUT2D eigenvalue weighted by atomic mass is 9.89. The Morgan fingerprint density at radius 1 is 0.281 bits per heavy atom. The van der Waals surface area contributed by atoms with Crippen LogP contribution in [0.1, 0.15) is 0 Å². The van der Waals surface area contributed by atoms with Gasteiger partial charge in [-0.05, 0) is 87.3 Å². The Kier molecular flexibility index (Phi) is 6.16. The fraction of sp³-hybridized carbons (Fsp3) is 0. The minimum Gasteiger partial charge on any atom is -0.456 e. The van der Waals surface area contributed by atoms with Crippen molar-refractivity contribution in [1.82, 2.24) is 9.13 Å². The average molecular weight is 725 g/mol. The maximum Gasteiger partial charge on any atom is 0.136 e. The third kappa shape index (κ3) is 4.15. The molecule has 0 saturated heterocycles. The van der Waals surface area contributed by atoms with Crippen LogP contribution in [-0.4, -0.2) is 9.13 Å². The molecule has 3 aromatic heterocycles. The standard InChI is InChI=1S/C54H32N2O/c1-2-14-35(15-3-1)55-45-23-11-8-21-43(45)51-49-41-19-6-4-16-37(41)38-17-5-7-20-42(38)50(49)52-44-22-9-12-24-46(44)56(54(52)53(51)55)36-29-26-33(27-30-36)34-28-31-40-39-18-10-13-25-47(39)57-48(40)32-34/h1-32H. The van der Waals surface area contributed by atoms with E-state index in [1.54, 1.807) is 0 Å². The van der Waals surface area contributed by atoms with Crippen LogP contribution >= 0.6 is 0 Å². The molecule has 3 nitrogen and oxygen atoms in total. The summed E-state index contributed by atoms with van der Waals surface area (Å²) < 4.78 is 11.3. The van der Waals surface area contributed by atoms with Crippen LogP contribution in [0.15, 0.2) is 199 Å². The number of furan rings is 1. The summed E-state index contributed by atoms with van der Waals surface area (Å²) in [7, 11) is 0. The second-order valence-electron chi connectivity index (χ2n) is 15.2. The summed E-state index contributed by atoms with van der Waals surface area (Å²) in [6.45, 7) is 0. The van der Waals surface area contributed by atoms with E-state index in [-0.39, 0.29) is 0 Å². The first kappa shape index (κ1) is 30.7. The zero-order valence-corrected chi connectivity index (χ0v) is 30.8. The number of rotatable bonds is 3. The lowest BCUT2D eigenvalue weighted by Crippen LogP contribution is -1.99. The summed E-state index contributed by atoms with van der Waals surface area (Å²) >= 11 is 0. The van der Waals surface area contributed by atoms with Gasteiger partial charge in [0.1, 0.15) is 11.2 Å². The molecule has 0 fully saturated rings. The SMILES string of the molecule is c1ccc(-n2c3ccccc3c3c4c5ccccc5c5ccccc5c4c4c5ccccc5n(-c5ccc(-c6ccc7c(c6)oc6ccccc67)cc5)c4c32)cc1. The van der Waals surface area contributed by atoms with Crippen molar-refractivity contribution in [3.63, 3.8) is 0 Å². The van der Waals surface area contributed by atoms with Crippen molar-refractivity contribution in [1.29, 1.82) is 0 Å². The van der Waals surface area contributed by atoms with Gasteiger partial charge in [0.15, 0.2) is 0 Å². The molecule has 3 heteroatoms. The molecule has 13 aromatic rings. The molecule has 13 rings (SSSR count). The highest BCUT2D eigenvalue weighted by Crippen LogP contribution is 2.51. The van der Waals surface area contributed by atoms with Crippen LogP contribution in [0, 0.1) is 0 Å². The lowest BCUT2D eigenvalue weighted by molar-refractivity contribution is 0.669. The van der Waals surface area contributed by atoms with E-state index in [0.717, 1.165) is 44.4 Å². The highest BCUT2D eigenvalue weighted by atomic mass is 16.3. The van der Waals surface area contributed by atoms with Gasteiger partial charge in [-0.2, -0.15) is 0 Å². The lowest BCUT2D eigenvalue weighted by Gasteiger charge is -2.17. The van der Waals surface area contributed by atoms with Gasteiger partial charge in [0.2, 0.25) is 0 Å². The Labute approximate surface area is 326 Å². The molecule has 264 valence electrons. The molecule has 0 unspecified atom stereocenters. The molecule has 0 atom stereocenters. The van der Waals surface area contributed by atoms with Gasteiger partial charge in [-0.25, -0.2) is 0 Å². The predicted octanol–water partition coefficient (Wildman–Crippen LogP) is 14.9. The molecule has 3 heterocycles. The van der Waals surface area contributed by atoms with Gasteiger partial charge in [0.25, 0.3) is 0 Å². The van der Waals surface area contributed by atoms with Crippen molar-refractivity contribution in [2.45, 2.75) is 0 Å². The fourth-order valence-corrected chi connectivity index (χ4v) is 9.92. The van der Waals surface area contributed by atoms with Gasteiger partial charge in [-0.3, -0.25) is 0 Å². The molecule has 0 radical (unpaired) electrons. The largest absolute Gasteiger partial charge is 0.456 e. The fourth-order valence-electron chi connectivity index (χ4n) is 9.92. The molecule has 0 aliphatic rings. The van der Waals surface area contributed by atoms with Crippen LogP contribution in [-0.2, 0) is 0 Å². The second-order valence-corrected chi connectivity index (χ2v) is 15.2. The highest BCUT2D eigenvalue weighted by Gasteiger charge is 2.27. The Morgan fingerprint density at radius 3 is 1.32 bits per heavy atom. The minimum absolute atomic E-state index is 0.905. The second kappa shape index (κ2) is 11.5. The van der Waals surface area contributed by atoms with Gasteiger partial charge < -0.3 is 13.6 Å². The van der Waals surface area contributed by atoms with Crippen LogP contribution in [0.3, 0.4) is 0 Å². The van der Waals surface area contributed by atoms with E-state index in [0.29, 0.717) is 0 Å². The smallest absolute Gasteiger partial charge is 0.136 e. The number of nitrogens with zero attached hydrogens (tertiary/aromatic N) is 2. The normalized spacial score (nSPS) is 12.2. The first-order valence-corrected chi connectivity index (χ1v) is 19.6. The predicted molar refractivity (Wildman–Crippen MR) is 240 cm³/mol. The third-order valence-electron chi connectivity index (χ3n) is 12.3. The van der Waals surface area contributed by atoms with Crippen molar-refractivity contribution in [3.05, 3.63) is 194 Å². The first-order valence-electron chi connectivity index (χ1n) is 19.6. The summed E-state index contributed by atoms with van der Waals surface area (Å²) in [5.74, 6) is 0. The number of para-hydroxylation sites is 4. The molecule has 0 spiro atoms. The topological polar surface area (TPSA) is 23.0 Å². The van der Waals surface area contributed by atoms with E-state index in [1.165, 1.54) is 75.9 Å². The van der Waals surface area contributed by atoms with Gasteiger partial charge in [-0.1, -0.05) is 140 Å². The van der Waals surface area contributed by atoms with Gasteiger partial charge in [-0.15, -0.1) is 0 Å². The van der Waals surface area contributed by atoms with Crippen LogP contribution < -0.4 is 0 Å². The number of hydrogen-bond donors (Lipinski definition) is 0. The van der Waals surface area contributed by atoms with E-state index in [2.05, 4.69) is 191 Å². The van der Waals surface area contributed by atoms with Crippen LogP contribution in [0.5, 0.6) is 0 Å². The van der Waals surface area contributed by atoms with Crippen LogP contribution in [0.25, 0.3) is 120 Å². The van der Waals surface area contributed by atoms with Crippen LogP contribution in [0.2, 0.25) is 0 Å². The van der Waals surface area contributed by atoms with E-state index in [1.807, 2.05) is 12.1 Å². The van der Waals surface area contributed by atoms with E-state index >= 15 is 0 Å². The molecule has 0 aliphatic heterocycles.